The Hall–Kier alpha value is -0.800. The van der Waals surface area contributed by atoms with Crippen LogP contribution in [-0.4, -0.2) is 29.1 Å². The number of hydrogen-bond acceptors (Lipinski definition) is 2. The van der Waals surface area contributed by atoms with Crippen LogP contribution in [0.25, 0.3) is 0 Å². The van der Waals surface area contributed by atoms with E-state index in [9.17, 15) is 0 Å². The molecule has 1 aromatic rings. The molecule has 3 nitrogen and oxygen atoms in total. The molecule has 1 saturated heterocycles. The number of aromatic nitrogens is 1. The van der Waals surface area contributed by atoms with Crippen LogP contribution in [0.4, 0.5) is 0 Å². The van der Waals surface area contributed by atoms with Crippen LogP contribution in [0.2, 0.25) is 0 Å². The molecular weight excluding hydrogens is 186 g/mol. The van der Waals surface area contributed by atoms with E-state index >= 15 is 0 Å². The largest absolute Gasteiger partial charge is 0.353 e. The van der Waals surface area contributed by atoms with E-state index in [1.165, 1.54) is 31.6 Å². The van der Waals surface area contributed by atoms with Gasteiger partial charge in [-0.15, -0.1) is 0 Å². The Morgan fingerprint density at radius 3 is 3.07 bits per heavy atom. The molecule has 2 rings (SSSR count). The molecular formula is C12H21N3. The van der Waals surface area contributed by atoms with Crippen LogP contribution in [0.5, 0.6) is 0 Å². The molecule has 0 unspecified atom stereocenters. The zero-order valence-electron chi connectivity index (χ0n) is 9.52. The van der Waals surface area contributed by atoms with Gasteiger partial charge in [0.1, 0.15) is 0 Å². The van der Waals surface area contributed by atoms with Gasteiger partial charge in [0.25, 0.3) is 0 Å². The Bertz CT molecular complexity index is 306. The first kappa shape index (κ1) is 10.7. The summed E-state index contributed by atoms with van der Waals surface area (Å²) in [7, 11) is 2.11. The van der Waals surface area contributed by atoms with E-state index in [0.717, 1.165) is 13.1 Å². The monoisotopic (exact) mass is 207 g/mol. The predicted octanol–water partition coefficient (Wildman–Crippen LogP) is 1.20. The summed E-state index contributed by atoms with van der Waals surface area (Å²) in [4.78, 5) is 2.52. The van der Waals surface area contributed by atoms with Crippen LogP contribution in [0, 0.1) is 5.92 Å². The molecule has 0 radical (unpaired) electrons. The number of hydrogen-bond donors (Lipinski definition) is 1. The van der Waals surface area contributed by atoms with Gasteiger partial charge in [-0.2, -0.15) is 0 Å². The molecule has 0 bridgehead atoms. The Labute approximate surface area is 91.9 Å². The van der Waals surface area contributed by atoms with E-state index in [4.69, 9.17) is 5.73 Å². The number of nitrogens with two attached hydrogens (primary N) is 1. The van der Waals surface area contributed by atoms with Gasteiger partial charge < -0.3 is 10.3 Å². The van der Waals surface area contributed by atoms with Crippen molar-refractivity contribution in [1.82, 2.24) is 9.47 Å². The summed E-state index contributed by atoms with van der Waals surface area (Å²) in [6.07, 6.45) is 4.71. The van der Waals surface area contributed by atoms with Crippen molar-refractivity contribution < 1.29 is 0 Å². The van der Waals surface area contributed by atoms with Crippen molar-refractivity contribution in [3.05, 3.63) is 24.0 Å². The standard InChI is InChI=1S/C12H21N3/c1-14-6-3-5-12(14)10-15-7-2-4-11(8-13)9-15/h3,5-6,11H,2,4,7-10,13H2,1H3/t11-/m1/s1. The zero-order valence-corrected chi connectivity index (χ0v) is 9.52. The Kier molecular flexibility index (Phi) is 3.44. The number of aryl methyl sites for hydroxylation is 1. The molecule has 2 heterocycles. The maximum absolute atomic E-state index is 5.74. The molecule has 84 valence electrons. The van der Waals surface area contributed by atoms with Crippen LogP contribution in [-0.2, 0) is 13.6 Å². The van der Waals surface area contributed by atoms with Crippen LogP contribution < -0.4 is 5.73 Å². The normalized spacial score (nSPS) is 23.2. The highest BCUT2D eigenvalue weighted by Gasteiger charge is 2.18. The molecule has 1 aliphatic heterocycles. The van der Waals surface area contributed by atoms with Crippen molar-refractivity contribution in [2.45, 2.75) is 19.4 Å². The maximum Gasteiger partial charge on any atom is 0.0387 e. The minimum Gasteiger partial charge on any atom is -0.353 e. The van der Waals surface area contributed by atoms with Crippen molar-refractivity contribution in [2.24, 2.45) is 18.7 Å². The Morgan fingerprint density at radius 2 is 2.40 bits per heavy atom. The summed E-state index contributed by atoms with van der Waals surface area (Å²) in [6, 6.07) is 4.31. The lowest BCUT2D eigenvalue weighted by Crippen LogP contribution is -2.38. The van der Waals surface area contributed by atoms with Crippen LogP contribution in [0.1, 0.15) is 18.5 Å². The SMILES string of the molecule is Cn1cccc1CN1CCC[C@H](CN)C1. The number of likely N-dealkylation sites (tertiary alicyclic amines) is 1. The maximum atomic E-state index is 5.74. The molecule has 0 saturated carbocycles. The topological polar surface area (TPSA) is 34.2 Å². The first-order valence-electron chi connectivity index (χ1n) is 5.82. The van der Waals surface area contributed by atoms with E-state index in [1.807, 2.05) is 0 Å². The van der Waals surface area contributed by atoms with Gasteiger partial charge in [0, 0.05) is 32.0 Å². The molecule has 3 heteroatoms. The Morgan fingerprint density at radius 1 is 1.53 bits per heavy atom. The summed E-state index contributed by atoms with van der Waals surface area (Å²) >= 11 is 0. The second-order valence-corrected chi connectivity index (χ2v) is 4.59. The molecule has 15 heavy (non-hydrogen) atoms. The van der Waals surface area contributed by atoms with E-state index in [1.54, 1.807) is 0 Å². The fourth-order valence-electron chi connectivity index (χ4n) is 2.38. The third-order valence-corrected chi connectivity index (χ3v) is 3.37. The molecule has 1 fully saturated rings. The predicted molar refractivity (Wildman–Crippen MR) is 62.5 cm³/mol. The fraction of sp³-hybridized carbons (Fsp3) is 0.667. The summed E-state index contributed by atoms with van der Waals surface area (Å²) in [5.74, 6) is 0.707. The Balaban J connectivity index is 1.92. The molecule has 1 atom stereocenters. The van der Waals surface area contributed by atoms with Crippen molar-refractivity contribution in [1.29, 1.82) is 0 Å². The lowest BCUT2D eigenvalue weighted by Gasteiger charge is -2.32. The third kappa shape index (κ3) is 2.61. The van der Waals surface area contributed by atoms with Gasteiger partial charge in [0.05, 0.1) is 0 Å². The van der Waals surface area contributed by atoms with E-state index < -0.39 is 0 Å². The van der Waals surface area contributed by atoms with Gasteiger partial charge >= 0.3 is 0 Å². The zero-order chi connectivity index (χ0) is 10.7. The quantitative estimate of drug-likeness (QED) is 0.808. The fourth-order valence-corrected chi connectivity index (χ4v) is 2.38. The van der Waals surface area contributed by atoms with Gasteiger partial charge in [-0.1, -0.05) is 0 Å². The van der Waals surface area contributed by atoms with Crippen LogP contribution >= 0.6 is 0 Å². The molecule has 0 amide bonds. The summed E-state index contributed by atoms with van der Waals surface area (Å²) in [5.41, 5.74) is 7.13. The van der Waals surface area contributed by atoms with Gasteiger partial charge in [0.15, 0.2) is 0 Å². The second-order valence-electron chi connectivity index (χ2n) is 4.59. The van der Waals surface area contributed by atoms with Crippen molar-refractivity contribution in [2.75, 3.05) is 19.6 Å². The highest BCUT2D eigenvalue weighted by Crippen LogP contribution is 2.17. The van der Waals surface area contributed by atoms with Crippen LogP contribution in [0.3, 0.4) is 0 Å². The van der Waals surface area contributed by atoms with Gasteiger partial charge in [-0.25, -0.2) is 0 Å². The first-order valence-corrected chi connectivity index (χ1v) is 5.82. The van der Waals surface area contributed by atoms with Crippen molar-refractivity contribution >= 4 is 0 Å². The van der Waals surface area contributed by atoms with Crippen LogP contribution in [0.15, 0.2) is 18.3 Å². The highest BCUT2D eigenvalue weighted by molar-refractivity contribution is 5.06. The van der Waals surface area contributed by atoms with Gasteiger partial charge in [0.2, 0.25) is 0 Å². The van der Waals surface area contributed by atoms with Gasteiger partial charge in [-0.05, 0) is 44.0 Å². The smallest absolute Gasteiger partial charge is 0.0387 e. The summed E-state index contributed by atoms with van der Waals surface area (Å²) < 4.78 is 2.20. The molecule has 1 aromatic heterocycles. The number of piperidine rings is 1. The molecule has 0 spiro atoms. The van der Waals surface area contributed by atoms with Gasteiger partial charge in [-0.3, -0.25) is 4.90 Å². The minimum absolute atomic E-state index is 0.707. The number of nitrogens with zero attached hydrogens (tertiary/aromatic N) is 2. The first-order chi connectivity index (χ1) is 7.29. The van der Waals surface area contributed by atoms with Crippen molar-refractivity contribution in [3.8, 4) is 0 Å². The molecule has 1 aliphatic rings. The number of rotatable bonds is 3. The lowest BCUT2D eigenvalue weighted by atomic mass is 9.98. The summed E-state index contributed by atoms with van der Waals surface area (Å²) in [5, 5.41) is 0. The second kappa shape index (κ2) is 4.81. The molecule has 0 aromatic carbocycles. The minimum atomic E-state index is 0.707. The summed E-state index contributed by atoms with van der Waals surface area (Å²) in [6.45, 7) is 4.30. The average Bonchev–Trinajstić information content (AvgIpc) is 2.65. The highest BCUT2D eigenvalue weighted by atomic mass is 15.1. The molecule has 2 N–H and O–H groups in total. The van der Waals surface area contributed by atoms with E-state index in [0.29, 0.717) is 5.92 Å². The van der Waals surface area contributed by atoms with E-state index in [-0.39, 0.29) is 0 Å². The third-order valence-electron chi connectivity index (χ3n) is 3.37. The molecule has 0 aliphatic carbocycles. The lowest BCUT2D eigenvalue weighted by molar-refractivity contribution is 0.168. The van der Waals surface area contributed by atoms with E-state index in [2.05, 4.69) is 34.8 Å². The van der Waals surface area contributed by atoms with Crippen molar-refractivity contribution in [3.63, 3.8) is 0 Å². The average molecular weight is 207 g/mol.